The fraction of sp³-hybridized carbons (Fsp3) is 0.500. The van der Waals surface area contributed by atoms with Gasteiger partial charge in [-0.05, 0) is 18.2 Å². The second-order valence-electron chi connectivity index (χ2n) is 4.53. The summed E-state index contributed by atoms with van der Waals surface area (Å²) in [6.07, 6.45) is 0. The standard InChI is InChI=1S/C14H20N2O4/c1-18-13-10-11(14(15)17)2-3-12(13)20-9-6-16-4-7-19-8-5-16/h2-3,10H,4-9H2,1H3,(H2,15,17). The normalized spacial score (nSPS) is 15.8. The Morgan fingerprint density at radius 1 is 1.35 bits per heavy atom. The summed E-state index contributed by atoms with van der Waals surface area (Å²) in [5.74, 6) is 0.650. The molecule has 1 aliphatic rings. The fourth-order valence-corrected chi connectivity index (χ4v) is 2.05. The minimum atomic E-state index is -0.483. The average molecular weight is 280 g/mol. The molecule has 1 amide bonds. The molecule has 1 aromatic rings. The topological polar surface area (TPSA) is 74.0 Å². The molecule has 0 saturated carbocycles. The van der Waals surface area contributed by atoms with Crippen LogP contribution in [0.3, 0.4) is 0 Å². The summed E-state index contributed by atoms with van der Waals surface area (Å²) in [6, 6.07) is 4.93. The lowest BCUT2D eigenvalue weighted by molar-refractivity contribution is 0.0321. The first-order valence-corrected chi connectivity index (χ1v) is 6.61. The van der Waals surface area contributed by atoms with E-state index < -0.39 is 5.91 Å². The molecule has 0 radical (unpaired) electrons. The first kappa shape index (κ1) is 14.6. The van der Waals surface area contributed by atoms with E-state index in [1.807, 2.05) is 0 Å². The van der Waals surface area contributed by atoms with E-state index >= 15 is 0 Å². The smallest absolute Gasteiger partial charge is 0.248 e. The second-order valence-corrected chi connectivity index (χ2v) is 4.53. The highest BCUT2D eigenvalue weighted by molar-refractivity contribution is 5.93. The van der Waals surface area contributed by atoms with Crippen LogP contribution in [0.25, 0.3) is 0 Å². The zero-order valence-electron chi connectivity index (χ0n) is 11.6. The number of methoxy groups -OCH3 is 1. The van der Waals surface area contributed by atoms with Crippen LogP contribution in [-0.4, -0.2) is 57.4 Å². The zero-order chi connectivity index (χ0) is 14.4. The third-order valence-corrected chi connectivity index (χ3v) is 3.22. The highest BCUT2D eigenvalue weighted by Crippen LogP contribution is 2.27. The van der Waals surface area contributed by atoms with Crippen molar-refractivity contribution in [2.75, 3.05) is 46.6 Å². The molecule has 1 fully saturated rings. The van der Waals surface area contributed by atoms with Crippen molar-refractivity contribution in [1.82, 2.24) is 4.90 Å². The third kappa shape index (κ3) is 3.85. The zero-order valence-corrected chi connectivity index (χ0v) is 11.6. The van der Waals surface area contributed by atoms with Gasteiger partial charge in [0.05, 0.1) is 20.3 Å². The van der Waals surface area contributed by atoms with Crippen molar-refractivity contribution < 1.29 is 19.0 Å². The van der Waals surface area contributed by atoms with E-state index in [9.17, 15) is 4.79 Å². The van der Waals surface area contributed by atoms with E-state index in [4.69, 9.17) is 19.9 Å². The molecule has 110 valence electrons. The summed E-state index contributed by atoms with van der Waals surface area (Å²) in [4.78, 5) is 13.4. The van der Waals surface area contributed by atoms with E-state index in [-0.39, 0.29) is 0 Å². The Labute approximate surface area is 118 Å². The molecule has 0 spiro atoms. The molecule has 20 heavy (non-hydrogen) atoms. The van der Waals surface area contributed by atoms with E-state index in [1.165, 1.54) is 7.11 Å². The quantitative estimate of drug-likeness (QED) is 0.821. The molecule has 2 rings (SSSR count). The van der Waals surface area contributed by atoms with Gasteiger partial charge in [-0.1, -0.05) is 0 Å². The summed E-state index contributed by atoms with van der Waals surface area (Å²) < 4.78 is 16.2. The number of benzene rings is 1. The minimum Gasteiger partial charge on any atom is -0.493 e. The van der Waals surface area contributed by atoms with Crippen LogP contribution >= 0.6 is 0 Å². The van der Waals surface area contributed by atoms with Crippen LogP contribution in [0, 0.1) is 0 Å². The van der Waals surface area contributed by atoms with Gasteiger partial charge in [-0.2, -0.15) is 0 Å². The van der Waals surface area contributed by atoms with Gasteiger partial charge in [0.15, 0.2) is 11.5 Å². The number of nitrogens with two attached hydrogens (primary N) is 1. The predicted octanol–water partition coefficient (Wildman–Crippen LogP) is 0.505. The van der Waals surface area contributed by atoms with Crippen molar-refractivity contribution in [3.05, 3.63) is 23.8 Å². The minimum absolute atomic E-state index is 0.405. The SMILES string of the molecule is COc1cc(C(N)=O)ccc1OCCN1CCOCC1. The van der Waals surface area contributed by atoms with Crippen molar-refractivity contribution in [3.8, 4) is 11.5 Å². The Kier molecular flexibility index (Phi) is 5.20. The average Bonchev–Trinajstić information content (AvgIpc) is 2.48. The summed E-state index contributed by atoms with van der Waals surface area (Å²) in [5.41, 5.74) is 5.64. The molecule has 1 aromatic carbocycles. The van der Waals surface area contributed by atoms with Crippen LogP contribution < -0.4 is 15.2 Å². The maximum absolute atomic E-state index is 11.1. The van der Waals surface area contributed by atoms with Crippen LogP contribution in [0.5, 0.6) is 11.5 Å². The molecular formula is C14H20N2O4. The highest BCUT2D eigenvalue weighted by atomic mass is 16.5. The lowest BCUT2D eigenvalue weighted by Crippen LogP contribution is -2.38. The molecule has 0 aromatic heterocycles. The first-order valence-electron chi connectivity index (χ1n) is 6.61. The largest absolute Gasteiger partial charge is 0.493 e. The molecule has 0 unspecified atom stereocenters. The van der Waals surface area contributed by atoms with Gasteiger partial charge in [-0.25, -0.2) is 0 Å². The number of morpholine rings is 1. The number of amides is 1. The van der Waals surface area contributed by atoms with Crippen LogP contribution in [0.15, 0.2) is 18.2 Å². The number of carbonyl (C=O) groups excluding carboxylic acids is 1. The van der Waals surface area contributed by atoms with Crippen molar-refractivity contribution in [2.24, 2.45) is 5.73 Å². The number of carbonyl (C=O) groups is 1. The summed E-state index contributed by atoms with van der Waals surface area (Å²) in [6.45, 7) is 4.81. The number of primary amides is 1. The van der Waals surface area contributed by atoms with Gasteiger partial charge < -0.3 is 19.9 Å². The third-order valence-electron chi connectivity index (χ3n) is 3.22. The Bertz CT molecular complexity index is 458. The van der Waals surface area contributed by atoms with Crippen LogP contribution in [0.1, 0.15) is 10.4 Å². The predicted molar refractivity (Wildman–Crippen MR) is 74.3 cm³/mol. The molecule has 0 bridgehead atoms. The Morgan fingerprint density at radius 3 is 2.75 bits per heavy atom. The van der Waals surface area contributed by atoms with Gasteiger partial charge in [0.2, 0.25) is 5.91 Å². The van der Waals surface area contributed by atoms with Gasteiger partial charge in [-0.3, -0.25) is 9.69 Å². The van der Waals surface area contributed by atoms with Gasteiger partial charge in [0, 0.05) is 25.2 Å². The molecule has 0 atom stereocenters. The van der Waals surface area contributed by atoms with E-state index in [0.717, 1.165) is 32.8 Å². The Morgan fingerprint density at radius 2 is 2.10 bits per heavy atom. The molecule has 6 nitrogen and oxygen atoms in total. The fourth-order valence-electron chi connectivity index (χ4n) is 2.05. The molecule has 1 heterocycles. The molecule has 1 aliphatic heterocycles. The summed E-state index contributed by atoms with van der Waals surface area (Å²) in [7, 11) is 1.54. The van der Waals surface area contributed by atoms with Gasteiger partial charge in [0.1, 0.15) is 6.61 Å². The molecule has 2 N–H and O–H groups in total. The Hall–Kier alpha value is -1.79. The van der Waals surface area contributed by atoms with E-state index in [1.54, 1.807) is 18.2 Å². The van der Waals surface area contributed by atoms with Crippen LogP contribution in [0.4, 0.5) is 0 Å². The van der Waals surface area contributed by atoms with Crippen molar-refractivity contribution >= 4 is 5.91 Å². The second kappa shape index (κ2) is 7.12. The van der Waals surface area contributed by atoms with Crippen molar-refractivity contribution in [1.29, 1.82) is 0 Å². The molecule has 6 heteroatoms. The lowest BCUT2D eigenvalue weighted by atomic mass is 10.2. The van der Waals surface area contributed by atoms with Gasteiger partial charge in [0.25, 0.3) is 0 Å². The maximum atomic E-state index is 11.1. The molecule has 0 aliphatic carbocycles. The number of hydrogen-bond donors (Lipinski definition) is 1. The van der Waals surface area contributed by atoms with E-state index in [0.29, 0.717) is 23.7 Å². The van der Waals surface area contributed by atoms with Crippen LogP contribution in [-0.2, 0) is 4.74 Å². The van der Waals surface area contributed by atoms with Crippen LogP contribution in [0.2, 0.25) is 0 Å². The van der Waals surface area contributed by atoms with Gasteiger partial charge in [-0.15, -0.1) is 0 Å². The molecule has 1 saturated heterocycles. The van der Waals surface area contributed by atoms with E-state index in [2.05, 4.69) is 4.90 Å². The summed E-state index contributed by atoms with van der Waals surface area (Å²) >= 11 is 0. The highest BCUT2D eigenvalue weighted by Gasteiger charge is 2.12. The van der Waals surface area contributed by atoms with Gasteiger partial charge >= 0.3 is 0 Å². The van der Waals surface area contributed by atoms with Crippen molar-refractivity contribution in [3.63, 3.8) is 0 Å². The number of hydrogen-bond acceptors (Lipinski definition) is 5. The number of ether oxygens (including phenoxy) is 3. The maximum Gasteiger partial charge on any atom is 0.248 e. The Balaban J connectivity index is 1.89. The summed E-state index contributed by atoms with van der Waals surface area (Å²) in [5, 5.41) is 0. The lowest BCUT2D eigenvalue weighted by Gasteiger charge is -2.26. The van der Waals surface area contributed by atoms with Crippen molar-refractivity contribution in [2.45, 2.75) is 0 Å². The number of nitrogens with zero attached hydrogens (tertiary/aromatic N) is 1. The first-order chi connectivity index (χ1) is 9.70. The molecular weight excluding hydrogens is 260 g/mol. The number of rotatable bonds is 6. The monoisotopic (exact) mass is 280 g/mol.